The van der Waals surface area contributed by atoms with E-state index in [1.807, 2.05) is 54.6 Å². The molecule has 0 fully saturated rings. The molecule has 37 heavy (non-hydrogen) atoms. The number of fused-ring (bicyclic) bond motifs is 3. The van der Waals surface area contributed by atoms with Gasteiger partial charge in [0.05, 0.1) is 12.6 Å². The molecule has 1 amide bonds. The fourth-order valence-electron chi connectivity index (χ4n) is 4.61. The first-order valence-electron chi connectivity index (χ1n) is 12.2. The number of nitrogens with one attached hydrogen (secondary N) is 1. The Morgan fingerprint density at radius 3 is 2.24 bits per heavy atom. The van der Waals surface area contributed by atoms with Crippen LogP contribution in [0.1, 0.15) is 35.4 Å². The van der Waals surface area contributed by atoms with Gasteiger partial charge in [-0.15, -0.1) is 5.10 Å². The van der Waals surface area contributed by atoms with Gasteiger partial charge in [0.25, 0.3) is 0 Å². The van der Waals surface area contributed by atoms with Gasteiger partial charge in [-0.3, -0.25) is 4.79 Å². The molecule has 9 nitrogen and oxygen atoms in total. The van der Waals surface area contributed by atoms with Gasteiger partial charge < -0.3 is 14.8 Å². The highest BCUT2D eigenvalue weighted by molar-refractivity contribution is 5.79. The second-order valence-corrected chi connectivity index (χ2v) is 8.88. The Morgan fingerprint density at radius 1 is 0.892 bits per heavy atom. The Morgan fingerprint density at radius 2 is 1.57 bits per heavy atom. The van der Waals surface area contributed by atoms with Crippen molar-refractivity contribution in [2.24, 2.45) is 0 Å². The highest BCUT2D eigenvalue weighted by Crippen LogP contribution is 2.44. The quantitative estimate of drug-likeness (QED) is 0.329. The summed E-state index contributed by atoms with van der Waals surface area (Å²) in [6.45, 7) is 0.705. The number of hydrogen-bond donors (Lipinski definition) is 1. The van der Waals surface area contributed by atoms with Crippen LogP contribution in [0.15, 0.2) is 85.2 Å². The van der Waals surface area contributed by atoms with E-state index in [9.17, 15) is 9.59 Å². The van der Waals surface area contributed by atoms with Crippen LogP contribution in [-0.2, 0) is 27.4 Å². The van der Waals surface area contributed by atoms with E-state index in [1.165, 1.54) is 11.0 Å². The summed E-state index contributed by atoms with van der Waals surface area (Å²) in [6, 6.07) is 25.4. The third kappa shape index (κ3) is 6.00. The van der Waals surface area contributed by atoms with Gasteiger partial charge in [-0.05, 0) is 44.7 Å². The number of tetrazole rings is 1. The number of rotatable bonds is 10. The summed E-state index contributed by atoms with van der Waals surface area (Å²) in [7, 11) is 0. The molecule has 0 spiro atoms. The third-order valence-electron chi connectivity index (χ3n) is 6.40. The van der Waals surface area contributed by atoms with Crippen molar-refractivity contribution >= 4 is 12.1 Å². The summed E-state index contributed by atoms with van der Waals surface area (Å²) in [6.07, 6.45) is 1.37. The lowest BCUT2D eigenvalue weighted by molar-refractivity contribution is -0.145. The van der Waals surface area contributed by atoms with Crippen molar-refractivity contribution in [1.82, 2.24) is 25.5 Å². The van der Waals surface area contributed by atoms with Crippen LogP contribution in [0, 0.1) is 0 Å². The first-order valence-corrected chi connectivity index (χ1v) is 12.2. The molecule has 188 valence electrons. The van der Waals surface area contributed by atoms with E-state index in [1.54, 1.807) is 0 Å². The number of aromatic nitrogens is 4. The van der Waals surface area contributed by atoms with Crippen LogP contribution in [0.25, 0.3) is 11.1 Å². The third-order valence-corrected chi connectivity index (χ3v) is 6.40. The molecule has 1 N–H and O–H groups in total. The summed E-state index contributed by atoms with van der Waals surface area (Å²) >= 11 is 0. The first kappa shape index (κ1) is 24.2. The minimum absolute atomic E-state index is 0.0379. The van der Waals surface area contributed by atoms with E-state index in [0.717, 1.165) is 27.8 Å². The lowest BCUT2D eigenvalue weighted by Gasteiger charge is -2.19. The van der Waals surface area contributed by atoms with Crippen LogP contribution < -0.4 is 5.32 Å². The zero-order valence-corrected chi connectivity index (χ0v) is 20.2. The minimum atomic E-state index is -0.558. The number of alkyl carbamates (subject to hydrolysis) is 1. The average Bonchev–Trinajstić information content (AvgIpc) is 3.56. The number of benzene rings is 3. The lowest BCUT2D eigenvalue weighted by atomic mass is 9.98. The van der Waals surface area contributed by atoms with Crippen molar-refractivity contribution in [3.8, 4) is 11.1 Å². The summed E-state index contributed by atoms with van der Waals surface area (Å²) in [5.41, 5.74) is 5.53. The van der Waals surface area contributed by atoms with E-state index in [-0.39, 0.29) is 31.5 Å². The molecule has 0 aliphatic heterocycles. The molecule has 5 rings (SSSR count). The van der Waals surface area contributed by atoms with Crippen LogP contribution >= 0.6 is 0 Å². The lowest BCUT2D eigenvalue weighted by Crippen LogP contribution is -2.39. The van der Waals surface area contributed by atoms with Gasteiger partial charge >= 0.3 is 12.1 Å². The van der Waals surface area contributed by atoms with Crippen LogP contribution in [-0.4, -0.2) is 44.9 Å². The van der Waals surface area contributed by atoms with Crippen molar-refractivity contribution in [2.75, 3.05) is 6.61 Å². The number of hydrogen-bond acceptors (Lipinski definition) is 7. The van der Waals surface area contributed by atoms with Gasteiger partial charge in [0, 0.05) is 12.3 Å². The molecule has 1 aliphatic rings. The van der Waals surface area contributed by atoms with Gasteiger partial charge in [0.2, 0.25) is 0 Å². The van der Waals surface area contributed by atoms with E-state index in [2.05, 4.69) is 45.1 Å². The molecular formula is C28H27N5O4. The van der Waals surface area contributed by atoms with Gasteiger partial charge in [-0.2, -0.15) is 0 Å². The molecule has 0 saturated carbocycles. The number of carbonyl (C=O) groups is 2. The minimum Gasteiger partial charge on any atom is -0.461 e. The van der Waals surface area contributed by atoms with Gasteiger partial charge in [-0.25, -0.2) is 9.48 Å². The molecule has 1 aliphatic carbocycles. The molecule has 0 bridgehead atoms. The second-order valence-electron chi connectivity index (χ2n) is 8.88. The standard InChI is InChI=1S/C28H27N5O4/c34-27(36-17-20-8-2-1-3-9-20)15-14-21(16-33-19-29-31-32-33)30-28(35)37-18-26-24-12-6-4-10-22(24)23-11-5-7-13-25(23)26/h1-13,19,21,26H,14-18H2,(H,30,35)/t21-/m0/s1. The normalized spacial score (nSPS) is 12.9. The SMILES string of the molecule is O=C(CC[C@@H](Cn1cnnn1)NC(=O)OCC1c2ccccc2-c2ccccc21)OCc1ccccc1. The molecule has 4 aromatic rings. The summed E-state index contributed by atoms with van der Waals surface area (Å²) in [5, 5.41) is 14.0. The van der Waals surface area contributed by atoms with Crippen molar-refractivity contribution < 1.29 is 19.1 Å². The highest BCUT2D eigenvalue weighted by atomic mass is 16.5. The Kier molecular flexibility index (Phi) is 7.50. The molecule has 0 saturated heterocycles. The van der Waals surface area contributed by atoms with Crippen LogP contribution in [0.5, 0.6) is 0 Å². The summed E-state index contributed by atoms with van der Waals surface area (Å²) < 4.78 is 12.5. The number of carbonyl (C=O) groups excluding carboxylic acids is 2. The Hall–Kier alpha value is -4.53. The summed E-state index contributed by atoms with van der Waals surface area (Å²) in [5.74, 6) is -0.385. The molecule has 3 aromatic carbocycles. The van der Waals surface area contributed by atoms with Gasteiger partial charge in [0.1, 0.15) is 19.5 Å². The Bertz CT molecular complexity index is 1300. The maximum absolute atomic E-state index is 12.8. The number of nitrogens with zero attached hydrogens (tertiary/aromatic N) is 4. The van der Waals surface area contributed by atoms with Crippen LogP contribution in [0.4, 0.5) is 4.79 Å². The van der Waals surface area contributed by atoms with E-state index < -0.39 is 12.1 Å². The maximum atomic E-state index is 12.8. The average molecular weight is 498 g/mol. The number of amides is 1. The highest BCUT2D eigenvalue weighted by Gasteiger charge is 2.29. The van der Waals surface area contributed by atoms with Crippen LogP contribution in [0.2, 0.25) is 0 Å². The number of esters is 1. The van der Waals surface area contributed by atoms with Gasteiger partial charge in [-0.1, -0.05) is 78.9 Å². The van der Waals surface area contributed by atoms with Crippen molar-refractivity contribution in [3.05, 3.63) is 102 Å². The molecular weight excluding hydrogens is 470 g/mol. The zero-order chi connectivity index (χ0) is 25.5. The van der Waals surface area contributed by atoms with Crippen molar-refractivity contribution in [1.29, 1.82) is 0 Å². The summed E-state index contributed by atoms with van der Waals surface area (Å²) in [4.78, 5) is 25.1. The molecule has 9 heteroatoms. The largest absolute Gasteiger partial charge is 0.461 e. The fourth-order valence-corrected chi connectivity index (χ4v) is 4.61. The molecule has 0 radical (unpaired) electrons. The molecule has 0 unspecified atom stereocenters. The number of ether oxygens (including phenoxy) is 2. The van der Waals surface area contributed by atoms with Crippen LogP contribution in [0.3, 0.4) is 0 Å². The smallest absolute Gasteiger partial charge is 0.407 e. The van der Waals surface area contributed by atoms with E-state index >= 15 is 0 Å². The molecule has 1 aromatic heterocycles. The predicted octanol–water partition coefficient (Wildman–Crippen LogP) is 4.10. The van der Waals surface area contributed by atoms with Crippen molar-refractivity contribution in [3.63, 3.8) is 0 Å². The maximum Gasteiger partial charge on any atom is 0.407 e. The van der Waals surface area contributed by atoms with E-state index in [0.29, 0.717) is 13.0 Å². The Labute approximate surface area is 214 Å². The van der Waals surface area contributed by atoms with E-state index in [4.69, 9.17) is 9.47 Å². The predicted molar refractivity (Wildman–Crippen MR) is 135 cm³/mol. The monoisotopic (exact) mass is 497 g/mol. The fraction of sp³-hybridized carbons (Fsp3) is 0.250. The topological polar surface area (TPSA) is 108 Å². The van der Waals surface area contributed by atoms with Crippen molar-refractivity contribution in [2.45, 2.75) is 38.0 Å². The first-order chi connectivity index (χ1) is 18.2. The second kappa shape index (κ2) is 11.5. The molecule has 1 atom stereocenters. The Balaban J connectivity index is 1.17. The van der Waals surface area contributed by atoms with Gasteiger partial charge in [0.15, 0.2) is 0 Å². The molecule has 1 heterocycles. The zero-order valence-electron chi connectivity index (χ0n) is 20.2.